The largest absolute Gasteiger partial charge is 0.481 e. The second-order valence-corrected chi connectivity index (χ2v) is 6.93. The molecule has 2 aliphatic carbocycles. The molecule has 1 spiro atoms. The van der Waals surface area contributed by atoms with Gasteiger partial charge in [-0.25, -0.2) is 0 Å². The Morgan fingerprint density at radius 2 is 2.17 bits per heavy atom. The van der Waals surface area contributed by atoms with Gasteiger partial charge in [0.15, 0.2) is 0 Å². The van der Waals surface area contributed by atoms with Crippen molar-refractivity contribution in [1.29, 1.82) is 0 Å². The number of morpholine rings is 1. The van der Waals surface area contributed by atoms with Crippen LogP contribution in [-0.2, 0) is 26.2 Å². The number of fused-ring (bicyclic) bond motifs is 2. The molecular formula is C18H21NO4. The van der Waals surface area contributed by atoms with E-state index in [1.54, 1.807) is 4.90 Å². The number of carboxylic acids is 1. The molecule has 5 heteroatoms. The molecule has 1 aliphatic heterocycles. The van der Waals surface area contributed by atoms with Gasteiger partial charge in [0.2, 0.25) is 5.91 Å². The minimum absolute atomic E-state index is 0.0136. The summed E-state index contributed by atoms with van der Waals surface area (Å²) in [6.07, 6.45) is 2.94. The third kappa shape index (κ3) is 2.34. The van der Waals surface area contributed by atoms with Crippen LogP contribution in [-0.4, -0.2) is 47.7 Å². The van der Waals surface area contributed by atoms with Crippen molar-refractivity contribution in [3.63, 3.8) is 0 Å². The molecule has 1 saturated heterocycles. The number of amides is 1. The monoisotopic (exact) mass is 315 g/mol. The van der Waals surface area contributed by atoms with E-state index in [1.165, 1.54) is 11.1 Å². The highest BCUT2D eigenvalue weighted by Gasteiger charge is 2.62. The number of benzene rings is 1. The van der Waals surface area contributed by atoms with Crippen molar-refractivity contribution in [2.45, 2.75) is 37.1 Å². The number of nitrogens with zero attached hydrogens (tertiary/aromatic N) is 1. The fourth-order valence-electron chi connectivity index (χ4n) is 4.44. The van der Waals surface area contributed by atoms with E-state index in [9.17, 15) is 9.59 Å². The lowest BCUT2D eigenvalue weighted by Gasteiger charge is -2.35. The van der Waals surface area contributed by atoms with Crippen molar-refractivity contribution in [3.8, 4) is 0 Å². The van der Waals surface area contributed by atoms with Crippen LogP contribution in [0, 0.1) is 5.92 Å². The third-order valence-electron chi connectivity index (χ3n) is 5.69. The van der Waals surface area contributed by atoms with Gasteiger partial charge >= 0.3 is 5.97 Å². The number of ether oxygens (including phenoxy) is 1. The number of carbonyl (C=O) groups is 2. The zero-order valence-corrected chi connectivity index (χ0v) is 13.0. The number of hydrogen-bond acceptors (Lipinski definition) is 3. The van der Waals surface area contributed by atoms with Gasteiger partial charge in [-0.15, -0.1) is 0 Å². The molecule has 23 heavy (non-hydrogen) atoms. The first kappa shape index (κ1) is 14.7. The van der Waals surface area contributed by atoms with Gasteiger partial charge in [-0.3, -0.25) is 9.59 Å². The summed E-state index contributed by atoms with van der Waals surface area (Å²) in [5.41, 5.74) is 2.72. The minimum Gasteiger partial charge on any atom is -0.481 e. The molecule has 3 atom stereocenters. The highest BCUT2D eigenvalue weighted by atomic mass is 16.5. The Bertz CT molecular complexity index is 658. The van der Waals surface area contributed by atoms with Gasteiger partial charge in [-0.05, 0) is 30.4 Å². The number of rotatable bonds is 3. The average Bonchev–Trinajstić information content (AvgIpc) is 3.16. The standard InChI is InChI=1S/C18H21NO4/c20-16(21)9-13-11-23-8-7-19(13)17(22)15-10-18(15)6-5-12-3-1-2-4-14(12)18/h1-4,13,15H,5-11H2,(H,20,21). The average molecular weight is 315 g/mol. The van der Waals surface area contributed by atoms with Gasteiger partial charge in [-0.1, -0.05) is 24.3 Å². The maximum absolute atomic E-state index is 13.0. The van der Waals surface area contributed by atoms with Gasteiger partial charge in [0.25, 0.3) is 0 Å². The second-order valence-electron chi connectivity index (χ2n) is 6.93. The van der Waals surface area contributed by atoms with E-state index in [0.29, 0.717) is 19.8 Å². The van der Waals surface area contributed by atoms with Crippen LogP contribution in [0.25, 0.3) is 0 Å². The van der Waals surface area contributed by atoms with Gasteiger partial charge in [0, 0.05) is 17.9 Å². The molecular weight excluding hydrogens is 294 g/mol. The molecule has 0 bridgehead atoms. The molecule has 1 aromatic carbocycles. The highest BCUT2D eigenvalue weighted by Crippen LogP contribution is 2.62. The Morgan fingerprint density at radius 1 is 1.35 bits per heavy atom. The van der Waals surface area contributed by atoms with Crippen molar-refractivity contribution in [2.75, 3.05) is 19.8 Å². The van der Waals surface area contributed by atoms with Gasteiger partial charge in [0.05, 0.1) is 25.7 Å². The van der Waals surface area contributed by atoms with Crippen molar-refractivity contribution in [3.05, 3.63) is 35.4 Å². The molecule has 1 aromatic rings. The van der Waals surface area contributed by atoms with E-state index in [-0.39, 0.29) is 29.7 Å². The lowest BCUT2D eigenvalue weighted by atomic mass is 9.94. The molecule has 1 N–H and O–H groups in total. The van der Waals surface area contributed by atoms with Crippen molar-refractivity contribution >= 4 is 11.9 Å². The van der Waals surface area contributed by atoms with Crippen LogP contribution in [0.5, 0.6) is 0 Å². The molecule has 1 heterocycles. The summed E-state index contributed by atoms with van der Waals surface area (Å²) >= 11 is 0. The molecule has 0 aromatic heterocycles. The van der Waals surface area contributed by atoms with Crippen LogP contribution < -0.4 is 0 Å². The van der Waals surface area contributed by atoms with E-state index in [4.69, 9.17) is 9.84 Å². The van der Waals surface area contributed by atoms with Crippen molar-refractivity contribution in [1.82, 2.24) is 4.90 Å². The van der Waals surface area contributed by atoms with E-state index in [2.05, 4.69) is 18.2 Å². The Labute approximate surface area is 135 Å². The van der Waals surface area contributed by atoms with Crippen molar-refractivity contribution < 1.29 is 19.4 Å². The van der Waals surface area contributed by atoms with Crippen LogP contribution in [0.15, 0.2) is 24.3 Å². The van der Waals surface area contributed by atoms with Gasteiger partial charge in [-0.2, -0.15) is 0 Å². The maximum atomic E-state index is 13.0. The lowest BCUT2D eigenvalue weighted by molar-refractivity contribution is -0.147. The maximum Gasteiger partial charge on any atom is 0.305 e. The Kier molecular flexibility index (Phi) is 3.41. The zero-order chi connectivity index (χ0) is 16.0. The number of aliphatic carboxylic acids is 1. The van der Waals surface area contributed by atoms with Crippen LogP contribution in [0.1, 0.15) is 30.4 Å². The van der Waals surface area contributed by atoms with Crippen LogP contribution in [0.4, 0.5) is 0 Å². The fourth-order valence-corrected chi connectivity index (χ4v) is 4.44. The SMILES string of the molecule is O=C(O)CC1COCCN1C(=O)C1CC12CCc1ccccc12. The Morgan fingerprint density at radius 3 is 3.00 bits per heavy atom. The van der Waals surface area contributed by atoms with E-state index in [0.717, 1.165) is 19.3 Å². The summed E-state index contributed by atoms with van der Waals surface area (Å²) in [5, 5.41) is 9.06. The first-order chi connectivity index (χ1) is 11.1. The highest BCUT2D eigenvalue weighted by molar-refractivity contribution is 5.86. The normalized spacial score (nSPS) is 31.9. The molecule has 1 amide bonds. The smallest absolute Gasteiger partial charge is 0.305 e. The molecule has 5 nitrogen and oxygen atoms in total. The summed E-state index contributed by atoms with van der Waals surface area (Å²) in [4.78, 5) is 25.8. The summed E-state index contributed by atoms with van der Waals surface area (Å²) in [7, 11) is 0. The first-order valence-electron chi connectivity index (χ1n) is 8.30. The predicted octanol–water partition coefficient (Wildman–Crippen LogP) is 1.59. The van der Waals surface area contributed by atoms with Crippen LogP contribution in [0.2, 0.25) is 0 Å². The second kappa shape index (κ2) is 5.34. The number of carboxylic acid groups (broad SMARTS) is 1. The molecule has 0 radical (unpaired) electrons. The first-order valence-corrected chi connectivity index (χ1v) is 8.30. The predicted molar refractivity (Wildman–Crippen MR) is 83.1 cm³/mol. The Hall–Kier alpha value is -1.88. The van der Waals surface area contributed by atoms with Crippen LogP contribution in [0.3, 0.4) is 0 Å². The summed E-state index contributed by atoms with van der Waals surface area (Å²) < 4.78 is 5.38. The molecule has 4 rings (SSSR count). The molecule has 122 valence electrons. The number of carbonyl (C=O) groups excluding carboxylic acids is 1. The molecule has 2 fully saturated rings. The van der Waals surface area contributed by atoms with Gasteiger partial charge < -0.3 is 14.7 Å². The van der Waals surface area contributed by atoms with E-state index < -0.39 is 5.97 Å². The zero-order valence-electron chi connectivity index (χ0n) is 13.0. The van der Waals surface area contributed by atoms with Crippen LogP contribution >= 0.6 is 0 Å². The summed E-state index contributed by atoms with van der Waals surface area (Å²) in [6, 6.07) is 8.09. The minimum atomic E-state index is -0.880. The molecule has 1 saturated carbocycles. The van der Waals surface area contributed by atoms with E-state index in [1.807, 2.05) is 6.07 Å². The topological polar surface area (TPSA) is 66.8 Å². The summed E-state index contributed by atoms with van der Waals surface area (Å²) in [6.45, 7) is 1.33. The number of aryl methyl sites for hydroxylation is 1. The van der Waals surface area contributed by atoms with Crippen molar-refractivity contribution in [2.24, 2.45) is 5.92 Å². The molecule has 3 unspecified atom stereocenters. The lowest BCUT2D eigenvalue weighted by Crippen LogP contribution is -2.50. The van der Waals surface area contributed by atoms with E-state index >= 15 is 0 Å². The molecule has 3 aliphatic rings. The third-order valence-corrected chi connectivity index (χ3v) is 5.69. The Balaban J connectivity index is 1.53. The fraction of sp³-hybridized carbons (Fsp3) is 0.556. The number of hydrogen-bond donors (Lipinski definition) is 1. The summed E-state index contributed by atoms with van der Waals surface area (Å²) in [5.74, 6) is -0.744. The quantitative estimate of drug-likeness (QED) is 0.920. The van der Waals surface area contributed by atoms with Gasteiger partial charge in [0.1, 0.15) is 0 Å².